The molecule has 114 valence electrons. The standard InChI is InChI=1S/C17H20N4O/c1-12-5-6-14(10-19-12)17(22)21-9-3-4-15(11-21)16-7-8-18-13(2)20-16/h5-8,10,15H,3-4,9,11H2,1-2H3/t15-/m0/s1. The molecule has 3 heterocycles. The Morgan fingerprint density at radius 3 is 2.82 bits per heavy atom. The number of amides is 1. The Hall–Kier alpha value is -2.30. The predicted octanol–water partition coefficient (Wildman–Crippen LogP) is 2.51. The minimum absolute atomic E-state index is 0.0583. The van der Waals surface area contributed by atoms with Gasteiger partial charge in [-0.05, 0) is 44.9 Å². The van der Waals surface area contributed by atoms with Gasteiger partial charge in [0.25, 0.3) is 5.91 Å². The summed E-state index contributed by atoms with van der Waals surface area (Å²) in [6, 6.07) is 5.69. The number of carbonyl (C=O) groups excluding carboxylic acids is 1. The second-order valence-electron chi connectivity index (χ2n) is 5.81. The van der Waals surface area contributed by atoms with Crippen molar-refractivity contribution in [3.63, 3.8) is 0 Å². The van der Waals surface area contributed by atoms with Crippen LogP contribution in [-0.4, -0.2) is 38.8 Å². The summed E-state index contributed by atoms with van der Waals surface area (Å²) in [6.07, 6.45) is 5.52. The third-order valence-electron chi connectivity index (χ3n) is 4.08. The SMILES string of the molecule is Cc1ccc(C(=O)N2CCC[C@H](c3ccnc(C)n3)C2)cn1. The number of aryl methyl sites for hydroxylation is 2. The van der Waals surface area contributed by atoms with Gasteiger partial charge in [-0.15, -0.1) is 0 Å². The molecule has 3 rings (SSSR count). The van der Waals surface area contributed by atoms with Gasteiger partial charge in [-0.2, -0.15) is 0 Å². The van der Waals surface area contributed by atoms with E-state index < -0.39 is 0 Å². The number of likely N-dealkylation sites (tertiary alicyclic amines) is 1. The fraction of sp³-hybridized carbons (Fsp3) is 0.412. The van der Waals surface area contributed by atoms with Crippen molar-refractivity contribution >= 4 is 5.91 Å². The minimum atomic E-state index is 0.0583. The summed E-state index contributed by atoms with van der Waals surface area (Å²) >= 11 is 0. The van der Waals surface area contributed by atoms with Gasteiger partial charge in [0.05, 0.1) is 5.56 Å². The fourth-order valence-corrected chi connectivity index (χ4v) is 2.88. The van der Waals surface area contributed by atoms with Crippen molar-refractivity contribution in [3.05, 3.63) is 53.4 Å². The molecule has 1 fully saturated rings. The molecule has 0 spiro atoms. The quantitative estimate of drug-likeness (QED) is 0.854. The van der Waals surface area contributed by atoms with E-state index in [0.717, 1.165) is 36.6 Å². The van der Waals surface area contributed by atoms with E-state index in [4.69, 9.17) is 0 Å². The lowest BCUT2D eigenvalue weighted by Crippen LogP contribution is -2.39. The van der Waals surface area contributed by atoms with Gasteiger partial charge in [0, 0.05) is 42.8 Å². The number of nitrogens with zero attached hydrogens (tertiary/aromatic N) is 4. The van der Waals surface area contributed by atoms with Crippen LogP contribution in [0.25, 0.3) is 0 Å². The van der Waals surface area contributed by atoms with E-state index in [2.05, 4.69) is 15.0 Å². The molecule has 0 unspecified atom stereocenters. The Balaban J connectivity index is 1.75. The molecule has 5 heteroatoms. The molecule has 1 amide bonds. The van der Waals surface area contributed by atoms with Crippen LogP contribution in [0.2, 0.25) is 0 Å². The topological polar surface area (TPSA) is 59.0 Å². The minimum Gasteiger partial charge on any atom is -0.338 e. The number of aromatic nitrogens is 3. The molecule has 1 saturated heterocycles. The maximum absolute atomic E-state index is 12.6. The van der Waals surface area contributed by atoms with E-state index >= 15 is 0 Å². The summed E-state index contributed by atoms with van der Waals surface area (Å²) < 4.78 is 0. The highest BCUT2D eigenvalue weighted by Crippen LogP contribution is 2.26. The number of carbonyl (C=O) groups is 1. The molecule has 22 heavy (non-hydrogen) atoms. The Kier molecular flexibility index (Phi) is 4.13. The Morgan fingerprint density at radius 1 is 1.23 bits per heavy atom. The molecule has 1 aliphatic heterocycles. The van der Waals surface area contributed by atoms with Crippen LogP contribution in [0.3, 0.4) is 0 Å². The zero-order valence-corrected chi connectivity index (χ0v) is 13.0. The maximum atomic E-state index is 12.6. The largest absolute Gasteiger partial charge is 0.338 e. The van der Waals surface area contributed by atoms with Gasteiger partial charge in [-0.25, -0.2) is 9.97 Å². The van der Waals surface area contributed by atoms with Crippen molar-refractivity contribution in [3.8, 4) is 0 Å². The Morgan fingerprint density at radius 2 is 2.09 bits per heavy atom. The number of piperidine rings is 1. The van der Waals surface area contributed by atoms with Crippen LogP contribution < -0.4 is 0 Å². The molecule has 5 nitrogen and oxygen atoms in total. The van der Waals surface area contributed by atoms with Crippen molar-refractivity contribution in [1.82, 2.24) is 19.9 Å². The highest BCUT2D eigenvalue weighted by atomic mass is 16.2. The van der Waals surface area contributed by atoms with Gasteiger partial charge >= 0.3 is 0 Å². The second-order valence-corrected chi connectivity index (χ2v) is 5.81. The Labute approximate surface area is 130 Å². The highest BCUT2D eigenvalue weighted by molar-refractivity contribution is 5.94. The lowest BCUT2D eigenvalue weighted by atomic mass is 9.94. The first kappa shape index (κ1) is 14.6. The van der Waals surface area contributed by atoms with E-state index in [9.17, 15) is 4.79 Å². The molecule has 0 saturated carbocycles. The molecule has 0 aromatic carbocycles. The molecule has 2 aromatic rings. The van der Waals surface area contributed by atoms with Gasteiger partial charge in [-0.1, -0.05) is 0 Å². The summed E-state index contributed by atoms with van der Waals surface area (Å²) in [4.78, 5) is 27.4. The summed E-state index contributed by atoms with van der Waals surface area (Å²) in [7, 11) is 0. The first-order valence-electron chi connectivity index (χ1n) is 7.65. The van der Waals surface area contributed by atoms with Crippen LogP contribution in [0.5, 0.6) is 0 Å². The van der Waals surface area contributed by atoms with Crippen LogP contribution in [0.1, 0.15) is 46.3 Å². The first-order valence-corrected chi connectivity index (χ1v) is 7.65. The van der Waals surface area contributed by atoms with E-state index in [1.807, 2.05) is 36.9 Å². The van der Waals surface area contributed by atoms with Crippen LogP contribution in [0.15, 0.2) is 30.6 Å². The third-order valence-corrected chi connectivity index (χ3v) is 4.08. The monoisotopic (exact) mass is 296 g/mol. The average Bonchev–Trinajstić information content (AvgIpc) is 2.55. The summed E-state index contributed by atoms with van der Waals surface area (Å²) in [5, 5.41) is 0. The maximum Gasteiger partial charge on any atom is 0.255 e. The molecule has 1 aliphatic rings. The average molecular weight is 296 g/mol. The number of hydrogen-bond acceptors (Lipinski definition) is 4. The molecule has 0 N–H and O–H groups in total. The molecule has 2 aromatic heterocycles. The van der Waals surface area contributed by atoms with Gasteiger partial charge in [0.2, 0.25) is 0 Å². The number of rotatable bonds is 2. The van der Waals surface area contributed by atoms with Gasteiger partial charge in [0.1, 0.15) is 5.82 Å². The van der Waals surface area contributed by atoms with Crippen molar-refractivity contribution in [1.29, 1.82) is 0 Å². The van der Waals surface area contributed by atoms with Crippen LogP contribution >= 0.6 is 0 Å². The lowest BCUT2D eigenvalue weighted by molar-refractivity contribution is 0.0705. The van der Waals surface area contributed by atoms with E-state index in [-0.39, 0.29) is 11.8 Å². The van der Waals surface area contributed by atoms with Crippen molar-refractivity contribution < 1.29 is 4.79 Å². The van der Waals surface area contributed by atoms with Crippen molar-refractivity contribution in [2.24, 2.45) is 0 Å². The fourth-order valence-electron chi connectivity index (χ4n) is 2.88. The van der Waals surface area contributed by atoms with Crippen LogP contribution in [-0.2, 0) is 0 Å². The van der Waals surface area contributed by atoms with E-state index in [0.29, 0.717) is 12.1 Å². The summed E-state index contributed by atoms with van der Waals surface area (Å²) in [6.45, 7) is 5.33. The molecular formula is C17H20N4O. The van der Waals surface area contributed by atoms with Gasteiger partial charge in [0.15, 0.2) is 0 Å². The highest BCUT2D eigenvalue weighted by Gasteiger charge is 2.26. The third kappa shape index (κ3) is 3.13. The molecule has 0 aliphatic carbocycles. The van der Waals surface area contributed by atoms with E-state index in [1.54, 1.807) is 12.4 Å². The van der Waals surface area contributed by atoms with Gasteiger partial charge < -0.3 is 4.90 Å². The summed E-state index contributed by atoms with van der Waals surface area (Å²) in [5.74, 6) is 1.13. The van der Waals surface area contributed by atoms with Crippen molar-refractivity contribution in [2.45, 2.75) is 32.6 Å². The van der Waals surface area contributed by atoms with Crippen molar-refractivity contribution in [2.75, 3.05) is 13.1 Å². The zero-order chi connectivity index (χ0) is 15.5. The van der Waals surface area contributed by atoms with Crippen LogP contribution in [0.4, 0.5) is 0 Å². The predicted molar refractivity (Wildman–Crippen MR) is 83.6 cm³/mol. The first-order chi connectivity index (χ1) is 10.6. The smallest absolute Gasteiger partial charge is 0.255 e. The Bertz CT molecular complexity index is 669. The zero-order valence-electron chi connectivity index (χ0n) is 13.0. The normalized spacial score (nSPS) is 18.3. The molecule has 0 bridgehead atoms. The second kappa shape index (κ2) is 6.22. The molecule has 1 atom stereocenters. The van der Waals surface area contributed by atoms with Gasteiger partial charge in [-0.3, -0.25) is 9.78 Å². The number of hydrogen-bond donors (Lipinski definition) is 0. The number of pyridine rings is 1. The molecule has 0 radical (unpaired) electrons. The van der Waals surface area contributed by atoms with E-state index in [1.165, 1.54) is 0 Å². The molecular weight excluding hydrogens is 276 g/mol. The lowest BCUT2D eigenvalue weighted by Gasteiger charge is -2.32. The van der Waals surface area contributed by atoms with Crippen LogP contribution in [0, 0.1) is 13.8 Å². The summed E-state index contributed by atoms with van der Waals surface area (Å²) in [5.41, 5.74) is 2.61.